The zero-order valence-electron chi connectivity index (χ0n) is 12.8. The molecule has 2 rings (SSSR count). The highest BCUT2D eigenvalue weighted by Crippen LogP contribution is 2.28. The van der Waals surface area contributed by atoms with Gasteiger partial charge in [0.15, 0.2) is 11.5 Å². The van der Waals surface area contributed by atoms with Gasteiger partial charge < -0.3 is 20.1 Å². The first-order chi connectivity index (χ1) is 10.2. The van der Waals surface area contributed by atoms with Gasteiger partial charge in [0, 0.05) is 19.1 Å². The molecule has 0 bridgehead atoms. The van der Waals surface area contributed by atoms with Crippen LogP contribution in [0.3, 0.4) is 0 Å². The van der Waals surface area contributed by atoms with Crippen LogP contribution in [0.1, 0.15) is 24.8 Å². The maximum absolute atomic E-state index is 12.2. The summed E-state index contributed by atoms with van der Waals surface area (Å²) in [6.07, 6.45) is 2.42. The summed E-state index contributed by atoms with van der Waals surface area (Å²) < 4.78 is 11.0. The highest BCUT2D eigenvalue weighted by atomic mass is 16.5. The summed E-state index contributed by atoms with van der Waals surface area (Å²) >= 11 is 0. The van der Waals surface area contributed by atoms with Crippen LogP contribution in [0.2, 0.25) is 0 Å². The van der Waals surface area contributed by atoms with Gasteiger partial charge in [-0.3, -0.25) is 4.79 Å². The van der Waals surface area contributed by atoms with Crippen molar-refractivity contribution in [2.75, 3.05) is 26.8 Å². The summed E-state index contributed by atoms with van der Waals surface area (Å²) in [5, 5.41) is 0. The fourth-order valence-electron chi connectivity index (χ4n) is 2.70. The van der Waals surface area contributed by atoms with Gasteiger partial charge in [-0.1, -0.05) is 6.07 Å². The Labute approximate surface area is 126 Å². The number of carbonyl (C=O) groups excluding carboxylic acids is 1. The number of amides is 1. The third-order valence-electron chi connectivity index (χ3n) is 3.86. The second-order valence-corrected chi connectivity index (χ2v) is 5.37. The van der Waals surface area contributed by atoms with Crippen LogP contribution in [0.5, 0.6) is 11.5 Å². The maximum atomic E-state index is 12.2. The van der Waals surface area contributed by atoms with E-state index in [2.05, 4.69) is 0 Å². The van der Waals surface area contributed by atoms with Gasteiger partial charge in [0.25, 0.3) is 0 Å². The Morgan fingerprint density at radius 3 is 2.95 bits per heavy atom. The Kier molecular flexibility index (Phi) is 5.44. The molecule has 1 atom stereocenters. The quantitative estimate of drug-likeness (QED) is 0.867. The van der Waals surface area contributed by atoms with Crippen LogP contribution < -0.4 is 15.2 Å². The van der Waals surface area contributed by atoms with Crippen LogP contribution in [-0.2, 0) is 4.79 Å². The molecular formula is C16H24N2O3. The highest BCUT2D eigenvalue weighted by Gasteiger charge is 2.27. The molecule has 0 spiro atoms. The normalized spacial score (nSPS) is 17.9. The number of rotatable bonds is 6. The van der Waals surface area contributed by atoms with Crippen LogP contribution >= 0.6 is 0 Å². The molecule has 0 unspecified atom stereocenters. The molecule has 5 nitrogen and oxygen atoms in total. The summed E-state index contributed by atoms with van der Waals surface area (Å²) in [6.45, 7) is 3.70. The Morgan fingerprint density at radius 1 is 1.43 bits per heavy atom. The third-order valence-corrected chi connectivity index (χ3v) is 3.86. The molecule has 1 heterocycles. The van der Waals surface area contributed by atoms with Gasteiger partial charge in [-0.2, -0.15) is 0 Å². The molecule has 116 valence electrons. The number of hydrogen-bond donors (Lipinski definition) is 1. The van der Waals surface area contributed by atoms with E-state index in [1.807, 2.05) is 30.0 Å². The fraction of sp³-hybridized carbons (Fsp3) is 0.562. The first-order valence-corrected chi connectivity index (χ1v) is 7.42. The minimum absolute atomic E-state index is 0.119. The lowest BCUT2D eigenvalue weighted by Gasteiger charge is -2.23. The van der Waals surface area contributed by atoms with Crippen molar-refractivity contribution in [3.05, 3.63) is 23.8 Å². The van der Waals surface area contributed by atoms with Crippen LogP contribution in [0.25, 0.3) is 0 Å². The van der Waals surface area contributed by atoms with Crippen LogP contribution in [0.15, 0.2) is 18.2 Å². The van der Waals surface area contributed by atoms with E-state index >= 15 is 0 Å². The number of benzene rings is 1. The van der Waals surface area contributed by atoms with Crippen molar-refractivity contribution in [1.29, 1.82) is 0 Å². The van der Waals surface area contributed by atoms with Gasteiger partial charge in [-0.15, -0.1) is 0 Å². The SMILES string of the molecule is COc1cc(C)ccc1OCCC(=O)N1CCC[C@@H]1CN. The Balaban J connectivity index is 1.85. The summed E-state index contributed by atoms with van der Waals surface area (Å²) in [4.78, 5) is 14.1. The van der Waals surface area contributed by atoms with E-state index in [9.17, 15) is 4.79 Å². The summed E-state index contributed by atoms with van der Waals surface area (Å²) in [5.41, 5.74) is 6.80. The van der Waals surface area contributed by atoms with Gasteiger partial charge in [-0.05, 0) is 37.5 Å². The van der Waals surface area contributed by atoms with E-state index in [0.717, 1.165) is 24.9 Å². The second-order valence-electron chi connectivity index (χ2n) is 5.37. The number of methoxy groups -OCH3 is 1. The number of hydrogen-bond acceptors (Lipinski definition) is 4. The van der Waals surface area contributed by atoms with Crippen molar-refractivity contribution in [2.45, 2.75) is 32.2 Å². The summed E-state index contributed by atoms with van der Waals surface area (Å²) in [7, 11) is 1.61. The molecule has 1 saturated heterocycles. The summed E-state index contributed by atoms with van der Waals surface area (Å²) in [5.74, 6) is 1.49. The van der Waals surface area contributed by atoms with Gasteiger partial charge in [0.05, 0.1) is 20.1 Å². The second kappa shape index (κ2) is 7.31. The van der Waals surface area contributed by atoms with Crippen molar-refractivity contribution in [1.82, 2.24) is 4.90 Å². The molecule has 21 heavy (non-hydrogen) atoms. The molecule has 2 N–H and O–H groups in total. The molecule has 0 aliphatic carbocycles. The number of likely N-dealkylation sites (tertiary alicyclic amines) is 1. The predicted octanol–water partition coefficient (Wildman–Crippen LogP) is 1.72. The minimum atomic E-state index is 0.119. The van der Waals surface area contributed by atoms with E-state index in [-0.39, 0.29) is 11.9 Å². The van der Waals surface area contributed by atoms with Crippen molar-refractivity contribution < 1.29 is 14.3 Å². The van der Waals surface area contributed by atoms with Crippen molar-refractivity contribution in [3.63, 3.8) is 0 Å². The maximum Gasteiger partial charge on any atom is 0.226 e. The van der Waals surface area contributed by atoms with E-state index in [0.29, 0.717) is 31.1 Å². The number of ether oxygens (including phenoxy) is 2. The molecular weight excluding hydrogens is 268 g/mol. The van der Waals surface area contributed by atoms with Crippen molar-refractivity contribution >= 4 is 5.91 Å². The molecule has 1 aliphatic heterocycles. The number of nitrogens with two attached hydrogens (primary N) is 1. The molecule has 1 aromatic carbocycles. The van der Waals surface area contributed by atoms with Gasteiger partial charge in [0.2, 0.25) is 5.91 Å². The topological polar surface area (TPSA) is 64.8 Å². The lowest BCUT2D eigenvalue weighted by Crippen LogP contribution is -2.40. The molecule has 1 aliphatic rings. The number of carbonyl (C=O) groups is 1. The lowest BCUT2D eigenvalue weighted by molar-refractivity contribution is -0.132. The monoisotopic (exact) mass is 292 g/mol. The van der Waals surface area contributed by atoms with E-state index in [1.165, 1.54) is 0 Å². The fourth-order valence-corrected chi connectivity index (χ4v) is 2.70. The number of nitrogens with zero attached hydrogens (tertiary/aromatic N) is 1. The molecule has 0 aromatic heterocycles. The highest BCUT2D eigenvalue weighted by molar-refractivity contribution is 5.77. The Bertz CT molecular complexity index is 490. The lowest BCUT2D eigenvalue weighted by atomic mass is 10.2. The Hall–Kier alpha value is -1.75. The van der Waals surface area contributed by atoms with Gasteiger partial charge in [-0.25, -0.2) is 0 Å². The summed E-state index contributed by atoms with van der Waals surface area (Å²) in [6, 6.07) is 5.95. The molecule has 0 saturated carbocycles. The predicted molar refractivity (Wildman–Crippen MR) is 81.6 cm³/mol. The first kappa shape index (κ1) is 15.6. The van der Waals surface area contributed by atoms with Crippen LogP contribution in [0, 0.1) is 6.92 Å². The average Bonchev–Trinajstić information content (AvgIpc) is 2.97. The standard InChI is InChI=1S/C16H24N2O3/c1-12-5-6-14(15(10-12)20-2)21-9-7-16(19)18-8-3-4-13(18)11-17/h5-6,10,13H,3-4,7-9,11,17H2,1-2H3/t13-/m1/s1. The molecule has 1 fully saturated rings. The van der Waals surface area contributed by atoms with E-state index < -0.39 is 0 Å². The zero-order valence-corrected chi connectivity index (χ0v) is 12.8. The minimum Gasteiger partial charge on any atom is -0.493 e. The molecule has 0 radical (unpaired) electrons. The number of aryl methyl sites for hydroxylation is 1. The smallest absolute Gasteiger partial charge is 0.226 e. The molecule has 5 heteroatoms. The zero-order chi connectivity index (χ0) is 15.2. The third kappa shape index (κ3) is 3.88. The van der Waals surface area contributed by atoms with Crippen molar-refractivity contribution in [2.24, 2.45) is 5.73 Å². The first-order valence-electron chi connectivity index (χ1n) is 7.42. The van der Waals surface area contributed by atoms with E-state index in [4.69, 9.17) is 15.2 Å². The van der Waals surface area contributed by atoms with E-state index in [1.54, 1.807) is 7.11 Å². The van der Waals surface area contributed by atoms with Gasteiger partial charge in [0.1, 0.15) is 0 Å². The Morgan fingerprint density at radius 2 is 2.24 bits per heavy atom. The van der Waals surface area contributed by atoms with Gasteiger partial charge >= 0.3 is 0 Å². The van der Waals surface area contributed by atoms with Crippen LogP contribution in [-0.4, -0.2) is 43.7 Å². The average molecular weight is 292 g/mol. The molecule has 1 aromatic rings. The van der Waals surface area contributed by atoms with Crippen LogP contribution in [0.4, 0.5) is 0 Å². The largest absolute Gasteiger partial charge is 0.493 e. The van der Waals surface area contributed by atoms with Crippen molar-refractivity contribution in [3.8, 4) is 11.5 Å². The molecule has 1 amide bonds.